The van der Waals surface area contributed by atoms with Gasteiger partial charge < -0.3 is 14.6 Å². The molecule has 1 fully saturated rings. The molecule has 1 aromatic carbocycles. The van der Waals surface area contributed by atoms with Crippen molar-refractivity contribution >= 4 is 0 Å². The smallest absolute Gasteiger partial charge is 0.122 e. The molecule has 1 N–H and O–H groups in total. The molecule has 0 aromatic heterocycles. The average Bonchev–Trinajstić information content (AvgIpc) is 2.97. The van der Waals surface area contributed by atoms with Crippen molar-refractivity contribution in [2.75, 3.05) is 14.2 Å². The van der Waals surface area contributed by atoms with E-state index in [-0.39, 0.29) is 0 Å². The Morgan fingerprint density at radius 1 is 1.11 bits per heavy atom. The second kappa shape index (κ2) is 6.80. The van der Waals surface area contributed by atoms with E-state index in [4.69, 9.17) is 9.47 Å². The number of rotatable bonds is 6. The van der Waals surface area contributed by atoms with Gasteiger partial charge in [-0.15, -0.1) is 0 Å². The first-order chi connectivity index (χ1) is 9.22. The number of benzene rings is 1. The fourth-order valence-corrected chi connectivity index (χ4v) is 2.88. The first kappa shape index (κ1) is 14.2. The van der Waals surface area contributed by atoms with Gasteiger partial charge in [0, 0.05) is 6.07 Å². The molecule has 0 heterocycles. The Hall–Kier alpha value is -1.22. The number of aliphatic hydroxyl groups is 1. The van der Waals surface area contributed by atoms with Crippen molar-refractivity contribution < 1.29 is 14.6 Å². The minimum Gasteiger partial charge on any atom is -0.497 e. The number of hydrogen-bond acceptors (Lipinski definition) is 3. The molecule has 106 valence electrons. The number of hydrogen-bond donors (Lipinski definition) is 1. The zero-order valence-corrected chi connectivity index (χ0v) is 11.9. The van der Waals surface area contributed by atoms with Crippen LogP contribution in [0.4, 0.5) is 0 Å². The molecule has 1 unspecified atom stereocenters. The van der Waals surface area contributed by atoms with Crippen LogP contribution in [0.3, 0.4) is 0 Å². The van der Waals surface area contributed by atoms with Crippen LogP contribution in [0.15, 0.2) is 18.2 Å². The number of methoxy groups -OCH3 is 2. The van der Waals surface area contributed by atoms with Gasteiger partial charge in [-0.2, -0.15) is 0 Å². The highest BCUT2D eigenvalue weighted by molar-refractivity contribution is 5.39. The van der Waals surface area contributed by atoms with Crippen LogP contribution in [-0.4, -0.2) is 19.3 Å². The van der Waals surface area contributed by atoms with Crippen LogP contribution in [-0.2, 0) is 0 Å². The predicted octanol–water partition coefficient (Wildman–Crippen LogP) is 3.71. The molecular formula is C16H24O3. The minimum absolute atomic E-state index is 0.426. The van der Waals surface area contributed by atoms with Crippen molar-refractivity contribution in [2.45, 2.75) is 44.6 Å². The molecule has 0 spiro atoms. The topological polar surface area (TPSA) is 38.7 Å². The van der Waals surface area contributed by atoms with Gasteiger partial charge >= 0.3 is 0 Å². The highest BCUT2D eigenvalue weighted by atomic mass is 16.5. The third-order valence-electron chi connectivity index (χ3n) is 4.08. The largest absolute Gasteiger partial charge is 0.497 e. The molecule has 0 amide bonds. The van der Waals surface area contributed by atoms with Crippen molar-refractivity contribution in [3.05, 3.63) is 23.8 Å². The first-order valence-electron chi connectivity index (χ1n) is 7.14. The molecule has 1 saturated carbocycles. The Balaban J connectivity index is 1.98. The Morgan fingerprint density at radius 2 is 1.68 bits per heavy atom. The SMILES string of the molecule is COc1cc(OC)cc(C(O)CCC2CCCC2)c1. The Morgan fingerprint density at radius 3 is 2.21 bits per heavy atom. The summed E-state index contributed by atoms with van der Waals surface area (Å²) in [6, 6.07) is 5.61. The van der Waals surface area contributed by atoms with Gasteiger partial charge in [-0.25, -0.2) is 0 Å². The van der Waals surface area contributed by atoms with E-state index in [2.05, 4.69) is 0 Å². The predicted molar refractivity (Wildman–Crippen MR) is 75.7 cm³/mol. The van der Waals surface area contributed by atoms with Crippen molar-refractivity contribution in [2.24, 2.45) is 5.92 Å². The van der Waals surface area contributed by atoms with Crippen molar-refractivity contribution in [3.63, 3.8) is 0 Å². The van der Waals surface area contributed by atoms with Gasteiger partial charge in [0.05, 0.1) is 20.3 Å². The fraction of sp³-hybridized carbons (Fsp3) is 0.625. The molecule has 0 aliphatic heterocycles. The molecule has 0 bridgehead atoms. The maximum absolute atomic E-state index is 10.3. The lowest BCUT2D eigenvalue weighted by Gasteiger charge is -2.16. The lowest BCUT2D eigenvalue weighted by atomic mass is 9.96. The molecule has 1 aliphatic carbocycles. The molecule has 19 heavy (non-hydrogen) atoms. The highest BCUT2D eigenvalue weighted by Gasteiger charge is 2.18. The highest BCUT2D eigenvalue weighted by Crippen LogP contribution is 2.33. The third kappa shape index (κ3) is 3.87. The average molecular weight is 264 g/mol. The molecule has 1 aliphatic rings. The van der Waals surface area contributed by atoms with Crippen molar-refractivity contribution in [1.29, 1.82) is 0 Å². The van der Waals surface area contributed by atoms with Crippen molar-refractivity contribution in [3.8, 4) is 11.5 Å². The minimum atomic E-state index is -0.426. The number of ether oxygens (including phenoxy) is 2. The summed E-state index contributed by atoms with van der Waals surface area (Å²) in [5.74, 6) is 2.27. The lowest BCUT2D eigenvalue weighted by molar-refractivity contribution is 0.156. The molecule has 0 saturated heterocycles. The van der Waals surface area contributed by atoms with Crippen LogP contribution in [0.25, 0.3) is 0 Å². The van der Waals surface area contributed by atoms with Gasteiger partial charge in [0.25, 0.3) is 0 Å². The van der Waals surface area contributed by atoms with E-state index in [9.17, 15) is 5.11 Å². The molecule has 2 rings (SSSR count). The standard InChI is InChI=1S/C16H24O3/c1-18-14-9-13(10-15(11-14)19-2)16(17)8-7-12-5-3-4-6-12/h9-12,16-17H,3-8H2,1-2H3. The van der Waals surface area contributed by atoms with Crippen LogP contribution in [0.1, 0.15) is 50.2 Å². The van der Waals surface area contributed by atoms with Gasteiger partial charge in [-0.3, -0.25) is 0 Å². The quantitative estimate of drug-likeness (QED) is 0.851. The zero-order chi connectivity index (χ0) is 13.7. The maximum atomic E-state index is 10.3. The summed E-state index contributed by atoms with van der Waals surface area (Å²) in [5, 5.41) is 10.3. The van der Waals surface area contributed by atoms with E-state index in [1.54, 1.807) is 14.2 Å². The van der Waals surface area contributed by atoms with E-state index >= 15 is 0 Å². The molecule has 3 heteroatoms. The van der Waals surface area contributed by atoms with E-state index in [1.807, 2.05) is 18.2 Å². The van der Waals surface area contributed by atoms with Gasteiger partial charge in [0.2, 0.25) is 0 Å². The van der Waals surface area contributed by atoms with Gasteiger partial charge in [0.15, 0.2) is 0 Å². The van der Waals surface area contributed by atoms with Gasteiger partial charge in [0.1, 0.15) is 11.5 Å². The van der Waals surface area contributed by atoms with E-state index in [1.165, 1.54) is 25.7 Å². The summed E-state index contributed by atoms with van der Waals surface area (Å²) < 4.78 is 10.5. The number of aliphatic hydroxyl groups excluding tert-OH is 1. The Kier molecular flexibility index (Phi) is 5.08. The van der Waals surface area contributed by atoms with Crippen LogP contribution < -0.4 is 9.47 Å². The van der Waals surface area contributed by atoms with Gasteiger partial charge in [-0.1, -0.05) is 25.7 Å². The van der Waals surface area contributed by atoms with E-state index in [0.29, 0.717) is 0 Å². The summed E-state index contributed by atoms with van der Waals surface area (Å²) in [6.07, 6.45) is 6.87. The summed E-state index contributed by atoms with van der Waals surface area (Å²) in [6.45, 7) is 0. The molecular weight excluding hydrogens is 240 g/mol. The molecule has 1 aromatic rings. The van der Waals surface area contributed by atoms with Crippen LogP contribution in [0, 0.1) is 5.92 Å². The maximum Gasteiger partial charge on any atom is 0.122 e. The van der Waals surface area contributed by atoms with Crippen molar-refractivity contribution in [1.82, 2.24) is 0 Å². The van der Waals surface area contributed by atoms with Gasteiger partial charge in [-0.05, 0) is 36.5 Å². The van der Waals surface area contributed by atoms with Crippen LogP contribution in [0.2, 0.25) is 0 Å². The zero-order valence-electron chi connectivity index (χ0n) is 11.9. The van der Waals surface area contributed by atoms with Crippen LogP contribution in [0.5, 0.6) is 11.5 Å². The summed E-state index contributed by atoms with van der Waals surface area (Å²) in [5.41, 5.74) is 0.884. The third-order valence-corrected chi connectivity index (χ3v) is 4.08. The van der Waals surface area contributed by atoms with E-state index in [0.717, 1.165) is 35.8 Å². The molecule has 0 radical (unpaired) electrons. The lowest BCUT2D eigenvalue weighted by Crippen LogP contribution is -2.02. The van der Waals surface area contributed by atoms with E-state index < -0.39 is 6.10 Å². The molecule has 1 atom stereocenters. The second-order valence-electron chi connectivity index (χ2n) is 5.39. The summed E-state index contributed by atoms with van der Waals surface area (Å²) >= 11 is 0. The summed E-state index contributed by atoms with van der Waals surface area (Å²) in [4.78, 5) is 0. The normalized spacial score (nSPS) is 17.4. The Bertz CT molecular complexity index is 375. The van der Waals surface area contributed by atoms with Crippen LogP contribution >= 0.6 is 0 Å². The fourth-order valence-electron chi connectivity index (χ4n) is 2.88. The first-order valence-corrected chi connectivity index (χ1v) is 7.14. The molecule has 3 nitrogen and oxygen atoms in total. The second-order valence-corrected chi connectivity index (χ2v) is 5.39. The monoisotopic (exact) mass is 264 g/mol. The Labute approximate surface area is 115 Å². The summed E-state index contributed by atoms with van der Waals surface area (Å²) in [7, 11) is 3.26.